The van der Waals surface area contributed by atoms with Crippen molar-refractivity contribution in [3.05, 3.63) is 45.4 Å². The van der Waals surface area contributed by atoms with Crippen LogP contribution in [0.25, 0.3) is 0 Å². The Morgan fingerprint density at radius 1 is 1.35 bits per heavy atom. The second-order valence-corrected chi connectivity index (χ2v) is 7.65. The lowest BCUT2D eigenvalue weighted by Gasteiger charge is -2.26. The first kappa shape index (κ1) is 18.4. The van der Waals surface area contributed by atoms with Crippen molar-refractivity contribution in [1.29, 1.82) is 0 Å². The summed E-state index contributed by atoms with van der Waals surface area (Å²) in [5.41, 5.74) is 3.15. The molecule has 1 aromatic carbocycles. The third-order valence-electron chi connectivity index (χ3n) is 4.41. The molecule has 1 aromatic heterocycles. The van der Waals surface area contributed by atoms with Crippen molar-refractivity contribution in [3.8, 4) is 0 Å². The molecule has 1 aliphatic heterocycles. The third-order valence-corrected chi connectivity index (χ3v) is 5.47. The van der Waals surface area contributed by atoms with Gasteiger partial charge in [0.1, 0.15) is 5.01 Å². The molecule has 0 saturated heterocycles. The van der Waals surface area contributed by atoms with Gasteiger partial charge in [-0.15, -0.1) is 11.3 Å². The second-order valence-electron chi connectivity index (χ2n) is 6.36. The molecule has 1 unspecified atom stereocenters. The zero-order valence-electron chi connectivity index (χ0n) is 15.4. The molecule has 6 nitrogen and oxygen atoms in total. The van der Waals surface area contributed by atoms with Crippen LogP contribution >= 0.6 is 11.3 Å². The first-order valence-electron chi connectivity index (χ1n) is 8.90. The smallest absolute Gasteiger partial charge is 0.225 e. The molecule has 0 bridgehead atoms. The van der Waals surface area contributed by atoms with Crippen LogP contribution in [0.2, 0.25) is 0 Å². The van der Waals surface area contributed by atoms with E-state index in [1.165, 1.54) is 10.4 Å². The molecule has 2 aromatic rings. The lowest BCUT2D eigenvalue weighted by molar-refractivity contribution is -0.116. The quantitative estimate of drug-likeness (QED) is 0.558. The molecule has 26 heavy (non-hydrogen) atoms. The maximum atomic E-state index is 12.0. The van der Waals surface area contributed by atoms with Crippen molar-refractivity contribution in [2.45, 2.75) is 39.7 Å². The van der Waals surface area contributed by atoms with Gasteiger partial charge in [0.2, 0.25) is 5.91 Å². The van der Waals surface area contributed by atoms with Crippen molar-refractivity contribution in [2.24, 2.45) is 4.99 Å². The van der Waals surface area contributed by atoms with Gasteiger partial charge < -0.3 is 16.0 Å². The van der Waals surface area contributed by atoms with Crippen LogP contribution in [0.3, 0.4) is 0 Å². The molecule has 3 N–H and O–H groups in total. The summed E-state index contributed by atoms with van der Waals surface area (Å²) in [5.74, 6) is 0.945. The van der Waals surface area contributed by atoms with Gasteiger partial charge in [-0.1, -0.05) is 18.2 Å². The van der Waals surface area contributed by atoms with E-state index in [4.69, 9.17) is 0 Å². The van der Waals surface area contributed by atoms with Gasteiger partial charge in [0.25, 0.3) is 0 Å². The van der Waals surface area contributed by atoms with Crippen LogP contribution in [-0.2, 0) is 11.3 Å². The van der Waals surface area contributed by atoms with Crippen LogP contribution in [0, 0.1) is 13.8 Å². The molecule has 0 aliphatic carbocycles. The summed E-state index contributed by atoms with van der Waals surface area (Å²) in [6.07, 6.45) is 0.480. The predicted octanol–water partition coefficient (Wildman–Crippen LogP) is 2.94. The van der Waals surface area contributed by atoms with E-state index in [0.29, 0.717) is 19.5 Å². The molecule has 0 spiro atoms. The van der Waals surface area contributed by atoms with Crippen LogP contribution in [0.1, 0.15) is 40.4 Å². The molecule has 0 saturated carbocycles. The van der Waals surface area contributed by atoms with E-state index in [1.807, 2.05) is 32.0 Å². The van der Waals surface area contributed by atoms with Gasteiger partial charge in [-0.2, -0.15) is 0 Å². The number of thiazole rings is 1. The van der Waals surface area contributed by atoms with Crippen molar-refractivity contribution < 1.29 is 4.79 Å². The van der Waals surface area contributed by atoms with Crippen LogP contribution in [0.5, 0.6) is 0 Å². The molecule has 0 radical (unpaired) electrons. The topological polar surface area (TPSA) is 78.4 Å². The van der Waals surface area contributed by atoms with Gasteiger partial charge in [0, 0.05) is 36.0 Å². The Labute approximate surface area is 158 Å². The van der Waals surface area contributed by atoms with Crippen LogP contribution in [0.15, 0.2) is 29.3 Å². The number of rotatable bonds is 5. The van der Waals surface area contributed by atoms with E-state index in [0.717, 1.165) is 28.9 Å². The normalized spacial score (nSPS) is 16.8. The van der Waals surface area contributed by atoms with E-state index in [-0.39, 0.29) is 11.8 Å². The minimum absolute atomic E-state index is 0.0613. The van der Waals surface area contributed by atoms with Gasteiger partial charge >= 0.3 is 0 Å². The number of guanidine groups is 1. The van der Waals surface area contributed by atoms with Crippen LogP contribution < -0.4 is 16.0 Å². The number of benzene rings is 1. The fourth-order valence-corrected chi connectivity index (χ4v) is 3.86. The Morgan fingerprint density at radius 2 is 2.15 bits per heavy atom. The summed E-state index contributed by atoms with van der Waals surface area (Å²) in [5, 5.41) is 10.6. The molecule has 7 heteroatoms. The molecule has 138 valence electrons. The standard InChI is InChI=1S/C19H25N5OS/c1-4-20-19(22-11-18-23-12(2)13(3)26-18)21-10-14-9-17(25)24-16-8-6-5-7-15(14)16/h5-8,14H,4,9-11H2,1-3H3,(H,24,25)(H2,20,21,22). The molecule has 3 rings (SSSR count). The Hall–Kier alpha value is -2.41. The zero-order valence-corrected chi connectivity index (χ0v) is 16.2. The SMILES string of the molecule is CCNC(=NCc1nc(C)c(C)s1)NCC1CC(=O)Nc2ccccc21. The van der Waals surface area contributed by atoms with Gasteiger partial charge in [-0.05, 0) is 32.4 Å². The molecule has 2 heterocycles. The lowest BCUT2D eigenvalue weighted by atomic mass is 9.90. The lowest BCUT2D eigenvalue weighted by Crippen LogP contribution is -2.40. The van der Waals surface area contributed by atoms with E-state index >= 15 is 0 Å². The Bertz CT molecular complexity index is 795. The number of hydrogen-bond donors (Lipinski definition) is 3. The summed E-state index contributed by atoms with van der Waals surface area (Å²) < 4.78 is 0. The van der Waals surface area contributed by atoms with Crippen molar-refractivity contribution in [1.82, 2.24) is 15.6 Å². The van der Waals surface area contributed by atoms with Crippen LogP contribution in [0.4, 0.5) is 5.69 Å². The molecule has 0 fully saturated rings. The zero-order chi connectivity index (χ0) is 18.5. The highest BCUT2D eigenvalue weighted by Crippen LogP contribution is 2.31. The molecular formula is C19H25N5OS. The summed E-state index contributed by atoms with van der Waals surface area (Å²) in [6, 6.07) is 7.98. The average Bonchev–Trinajstić information content (AvgIpc) is 2.95. The average molecular weight is 372 g/mol. The Kier molecular flexibility index (Phi) is 5.88. The maximum Gasteiger partial charge on any atom is 0.225 e. The number of anilines is 1. The highest BCUT2D eigenvalue weighted by atomic mass is 32.1. The number of aryl methyl sites for hydroxylation is 2. The number of nitrogens with one attached hydrogen (secondary N) is 3. The number of aliphatic imine (C=N–C) groups is 1. The van der Waals surface area contributed by atoms with Crippen molar-refractivity contribution in [2.75, 3.05) is 18.4 Å². The number of para-hydroxylation sites is 1. The minimum atomic E-state index is 0.0613. The molecular weight excluding hydrogens is 346 g/mol. The highest BCUT2D eigenvalue weighted by Gasteiger charge is 2.24. The molecule has 1 aliphatic rings. The van der Waals surface area contributed by atoms with Crippen molar-refractivity contribution >= 4 is 28.9 Å². The second kappa shape index (κ2) is 8.31. The number of nitrogens with zero attached hydrogens (tertiary/aromatic N) is 2. The maximum absolute atomic E-state index is 12.0. The Morgan fingerprint density at radius 3 is 2.88 bits per heavy atom. The van der Waals surface area contributed by atoms with Gasteiger partial charge in [-0.3, -0.25) is 4.79 Å². The van der Waals surface area contributed by atoms with E-state index in [2.05, 4.69) is 38.9 Å². The summed E-state index contributed by atoms with van der Waals surface area (Å²) in [4.78, 5) is 22.4. The highest BCUT2D eigenvalue weighted by molar-refractivity contribution is 7.11. The largest absolute Gasteiger partial charge is 0.357 e. The fraction of sp³-hybridized carbons (Fsp3) is 0.421. The number of amides is 1. The van der Waals surface area contributed by atoms with E-state index in [9.17, 15) is 4.79 Å². The summed E-state index contributed by atoms with van der Waals surface area (Å²) in [6.45, 7) is 8.13. The number of carbonyl (C=O) groups excluding carboxylic acids is 1. The number of hydrogen-bond acceptors (Lipinski definition) is 4. The van der Waals surface area contributed by atoms with Gasteiger partial charge in [-0.25, -0.2) is 9.98 Å². The first-order chi connectivity index (χ1) is 12.6. The Balaban J connectivity index is 1.67. The number of fused-ring (bicyclic) bond motifs is 1. The monoisotopic (exact) mass is 371 g/mol. The third kappa shape index (κ3) is 4.40. The minimum Gasteiger partial charge on any atom is -0.357 e. The van der Waals surface area contributed by atoms with E-state index in [1.54, 1.807) is 11.3 Å². The predicted molar refractivity (Wildman–Crippen MR) is 107 cm³/mol. The van der Waals surface area contributed by atoms with Gasteiger partial charge in [0.15, 0.2) is 5.96 Å². The van der Waals surface area contributed by atoms with E-state index < -0.39 is 0 Å². The summed E-state index contributed by atoms with van der Waals surface area (Å²) >= 11 is 1.68. The summed E-state index contributed by atoms with van der Waals surface area (Å²) in [7, 11) is 0. The van der Waals surface area contributed by atoms with Gasteiger partial charge in [0.05, 0.1) is 12.2 Å². The molecule has 1 atom stereocenters. The first-order valence-corrected chi connectivity index (χ1v) is 9.72. The van der Waals surface area contributed by atoms with Crippen LogP contribution in [-0.4, -0.2) is 29.9 Å². The van der Waals surface area contributed by atoms with Crippen molar-refractivity contribution in [3.63, 3.8) is 0 Å². The number of carbonyl (C=O) groups is 1. The number of aromatic nitrogens is 1. The molecule has 1 amide bonds. The fourth-order valence-electron chi connectivity index (χ4n) is 3.00.